The van der Waals surface area contributed by atoms with Gasteiger partial charge in [-0.15, -0.1) is 0 Å². The van der Waals surface area contributed by atoms with Crippen LogP contribution < -0.4 is 10.6 Å². The summed E-state index contributed by atoms with van der Waals surface area (Å²) in [4.78, 5) is 46.9. The highest BCUT2D eigenvalue weighted by atomic mass is 35.5. The Hall–Kier alpha value is -4.25. The van der Waals surface area contributed by atoms with Crippen LogP contribution in [0.2, 0.25) is 5.02 Å². The molecule has 0 unspecified atom stereocenters. The molecule has 2 N–H and O–H groups in total. The van der Waals surface area contributed by atoms with Crippen molar-refractivity contribution in [2.75, 3.05) is 17.2 Å². The maximum Gasteiger partial charge on any atom is 0.340 e. The fraction of sp³-hybridized carbons (Fsp3) is 0.0526. The van der Waals surface area contributed by atoms with Crippen LogP contribution in [-0.4, -0.2) is 34.5 Å². The lowest BCUT2D eigenvalue weighted by Gasteiger charge is -2.11. The molecule has 2 amide bonds. The predicted octanol–water partition coefficient (Wildman–Crippen LogP) is 3.28. The van der Waals surface area contributed by atoms with Gasteiger partial charge in [0.2, 0.25) is 0 Å². The number of aromatic nitrogens is 1. The molecule has 0 saturated heterocycles. The molecule has 0 aliphatic rings. The highest BCUT2D eigenvalue weighted by Gasteiger charge is 2.19. The van der Waals surface area contributed by atoms with E-state index in [0.717, 1.165) is 12.1 Å². The van der Waals surface area contributed by atoms with E-state index in [9.17, 15) is 24.5 Å². The number of carbonyl (C=O) groups excluding carboxylic acids is 3. The first-order valence-electron chi connectivity index (χ1n) is 8.57. The second-order valence-corrected chi connectivity index (χ2v) is 6.34. The van der Waals surface area contributed by atoms with Crippen molar-refractivity contribution in [3.05, 3.63) is 81.1 Å². The fourth-order valence-corrected chi connectivity index (χ4v) is 2.69. The first-order chi connectivity index (χ1) is 14.8. The number of hydrogen-bond acceptors (Lipinski definition) is 8. The number of non-ortho nitro benzene ring substituents is 1. The molecule has 0 aliphatic carbocycles. The minimum atomic E-state index is -0.860. The van der Waals surface area contributed by atoms with Crippen molar-refractivity contribution >= 4 is 46.6 Å². The maximum absolute atomic E-state index is 12.5. The second-order valence-electron chi connectivity index (χ2n) is 5.93. The van der Waals surface area contributed by atoms with Gasteiger partial charge in [-0.05, 0) is 18.2 Å². The van der Waals surface area contributed by atoms with Gasteiger partial charge in [0.15, 0.2) is 12.4 Å². The Kier molecular flexibility index (Phi) is 6.58. The Morgan fingerprint density at radius 3 is 2.55 bits per heavy atom. The number of nitro groups is 1. The number of amides is 2. The number of anilines is 2. The second kappa shape index (κ2) is 9.50. The van der Waals surface area contributed by atoms with Crippen LogP contribution >= 0.6 is 11.6 Å². The monoisotopic (exact) mass is 444 g/mol. The molecule has 31 heavy (non-hydrogen) atoms. The number of esters is 1. The smallest absolute Gasteiger partial charge is 0.340 e. The van der Waals surface area contributed by atoms with E-state index in [4.69, 9.17) is 16.3 Å². The molecular weight excluding hydrogens is 432 g/mol. The minimum Gasteiger partial charge on any atom is -0.452 e. The van der Waals surface area contributed by atoms with E-state index in [2.05, 4.69) is 20.3 Å². The summed E-state index contributed by atoms with van der Waals surface area (Å²) in [5.41, 5.74) is -0.205. The first kappa shape index (κ1) is 21.5. The van der Waals surface area contributed by atoms with E-state index in [1.807, 2.05) is 0 Å². The highest BCUT2D eigenvalue weighted by Crippen LogP contribution is 2.24. The van der Waals surface area contributed by atoms with Gasteiger partial charge in [-0.2, -0.15) is 0 Å². The minimum absolute atomic E-state index is 0.0110. The number of para-hydroxylation sites is 1. The first-order valence-corrected chi connectivity index (χ1v) is 8.94. The molecule has 1 aromatic heterocycles. The molecule has 0 aliphatic heterocycles. The summed E-state index contributed by atoms with van der Waals surface area (Å²) in [6.45, 7) is -0.595. The van der Waals surface area contributed by atoms with Crippen molar-refractivity contribution in [1.29, 1.82) is 0 Å². The van der Waals surface area contributed by atoms with Gasteiger partial charge in [-0.3, -0.25) is 19.7 Å². The third-order valence-electron chi connectivity index (χ3n) is 3.84. The average molecular weight is 445 g/mol. The summed E-state index contributed by atoms with van der Waals surface area (Å²) in [5, 5.41) is 19.0. The summed E-state index contributed by atoms with van der Waals surface area (Å²) in [6, 6.07) is 10.7. The van der Waals surface area contributed by atoms with Crippen LogP contribution in [0.5, 0.6) is 0 Å². The Morgan fingerprint density at radius 2 is 1.87 bits per heavy atom. The van der Waals surface area contributed by atoms with E-state index in [0.29, 0.717) is 0 Å². The molecule has 0 atom stereocenters. The van der Waals surface area contributed by atoms with Gasteiger partial charge in [0.1, 0.15) is 6.26 Å². The van der Waals surface area contributed by atoms with Crippen LogP contribution in [0.4, 0.5) is 17.2 Å². The van der Waals surface area contributed by atoms with Gasteiger partial charge in [-0.25, -0.2) is 4.79 Å². The van der Waals surface area contributed by atoms with E-state index in [1.165, 1.54) is 30.5 Å². The Labute approximate surface area is 179 Å². The lowest BCUT2D eigenvalue weighted by molar-refractivity contribution is -0.384. The van der Waals surface area contributed by atoms with Gasteiger partial charge in [0.25, 0.3) is 17.5 Å². The normalized spacial score (nSPS) is 10.2. The van der Waals surface area contributed by atoms with Crippen molar-refractivity contribution in [2.45, 2.75) is 0 Å². The number of nitro benzene ring substituents is 1. The molecule has 3 rings (SSSR count). The topological polar surface area (TPSA) is 154 Å². The molecule has 0 spiro atoms. The van der Waals surface area contributed by atoms with Gasteiger partial charge in [0, 0.05) is 18.2 Å². The van der Waals surface area contributed by atoms with Crippen LogP contribution in [0.1, 0.15) is 20.7 Å². The number of ether oxygens (including phenoxy) is 1. The summed E-state index contributed by atoms with van der Waals surface area (Å²) in [5.74, 6) is -2.03. The van der Waals surface area contributed by atoms with Crippen molar-refractivity contribution in [3.8, 4) is 0 Å². The highest BCUT2D eigenvalue weighted by molar-refractivity contribution is 6.34. The standard InChI is InChI=1S/C19H13ClN4O7/c20-14-9-11(24(28)29)5-6-12(14)18(26)21-15-4-2-1-3-13(15)19(27)30-10-17(25)22-16-7-8-31-23-16/h1-9H,10H2,(H,21,26)(H,22,23,25). The summed E-state index contributed by atoms with van der Waals surface area (Å²) >= 11 is 5.97. The molecule has 12 heteroatoms. The zero-order valence-electron chi connectivity index (χ0n) is 15.5. The fourth-order valence-electron chi connectivity index (χ4n) is 2.43. The quantitative estimate of drug-likeness (QED) is 0.319. The Bertz CT molecular complexity index is 1150. The number of halogens is 1. The lowest BCUT2D eigenvalue weighted by atomic mass is 10.1. The zero-order chi connectivity index (χ0) is 22.4. The van der Waals surface area contributed by atoms with E-state index in [1.54, 1.807) is 12.1 Å². The number of nitrogens with one attached hydrogen (secondary N) is 2. The van der Waals surface area contributed by atoms with E-state index >= 15 is 0 Å². The molecule has 0 bridgehead atoms. The molecule has 0 fully saturated rings. The van der Waals surface area contributed by atoms with Crippen LogP contribution in [0, 0.1) is 10.1 Å². The molecular formula is C19H13ClN4O7. The number of nitrogens with zero attached hydrogens (tertiary/aromatic N) is 2. The van der Waals surface area contributed by atoms with Crippen LogP contribution in [0.3, 0.4) is 0 Å². The van der Waals surface area contributed by atoms with Gasteiger partial charge in [-0.1, -0.05) is 28.9 Å². The SMILES string of the molecule is O=C(COC(=O)c1ccccc1NC(=O)c1ccc([N+](=O)[O-])cc1Cl)Nc1ccon1. The molecule has 0 saturated carbocycles. The molecule has 2 aromatic carbocycles. The molecule has 11 nitrogen and oxygen atoms in total. The summed E-state index contributed by atoms with van der Waals surface area (Å²) < 4.78 is 9.54. The van der Waals surface area contributed by atoms with Gasteiger partial charge >= 0.3 is 5.97 Å². The lowest BCUT2D eigenvalue weighted by Crippen LogP contribution is -2.22. The Balaban J connectivity index is 1.68. The maximum atomic E-state index is 12.5. The van der Waals surface area contributed by atoms with Crippen LogP contribution in [0.15, 0.2) is 59.3 Å². The average Bonchev–Trinajstić information content (AvgIpc) is 3.25. The van der Waals surface area contributed by atoms with Gasteiger partial charge in [0.05, 0.1) is 26.8 Å². The third-order valence-corrected chi connectivity index (χ3v) is 4.16. The number of benzene rings is 2. The number of hydrogen-bond donors (Lipinski definition) is 2. The van der Waals surface area contributed by atoms with E-state index < -0.39 is 29.3 Å². The number of rotatable bonds is 7. The molecule has 0 radical (unpaired) electrons. The summed E-state index contributed by atoms with van der Waals surface area (Å²) in [6.07, 6.45) is 1.26. The largest absolute Gasteiger partial charge is 0.452 e. The molecule has 3 aromatic rings. The Morgan fingerprint density at radius 1 is 1.10 bits per heavy atom. The van der Waals surface area contributed by atoms with Crippen molar-refractivity contribution < 1.29 is 28.6 Å². The zero-order valence-corrected chi connectivity index (χ0v) is 16.3. The third kappa shape index (κ3) is 5.42. The predicted molar refractivity (Wildman–Crippen MR) is 108 cm³/mol. The summed E-state index contributed by atoms with van der Waals surface area (Å²) in [7, 11) is 0. The van der Waals surface area contributed by atoms with Crippen molar-refractivity contribution in [2.24, 2.45) is 0 Å². The van der Waals surface area contributed by atoms with Crippen LogP contribution in [0.25, 0.3) is 0 Å². The van der Waals surface area contributed by atoms with Gasteiger partial charge < -0.3 is 19.9 Å². The van der Waals surface area contributed by atoms with Crippen molar-refractivity contribution in [3.63, 3.8) is 0 Å². The molecule has 1 heterocycles. The van der Waals surface area contributed by atoms with Crippen LogP contribution in [-0.2, 0) is 9.53 Å². The van der Waals surface area contributed by atoms with E-state index in [-0.39, 0.29) is 33.3 Å². The molecule has 158 valence electrons. The van der Waals surface area contributed by atoms with Crippen molar-refractivity contribution in [1.82, 2.24) is 5.16 Å². The number of carbonyl (C=O) groups is 3.